The van der Waals surface area contributed by atoms with Crippen LogP contribution in [0.4, 0.5) is 4.79 Å². The van der Waals surface area contributed by atoms with Gasteiger partial charge in [-0.2, -0.15) is 0 Å². The number of carbonyl (C=O) groups excluding carboxylic acids is 1. The second kappa shape index (κ2) is 12.2. The molecular formula is C19H33NO8. The topological polar surface area (TPSA) is 93.7 Å². The zero-order chi connectivity index (χ0) is 21.2. The lowest BCUT2D eigenvalue weighted by atomic mass is 9.87. The van der Waals surface area contributed by atoms with Crippen molar-refractivity contribution in [1.29, 1.82) is 0 Å². The van der Waals surface area contributed by atoms with Crippen LogP contribution in [-0.2, 0) is 33.2 Å². The number of rotatable bonds is 11. The van der Waals surface area contributed by atoms with Crippen LogP contribution in [0.15, 0.2) is 24.3 Å². The fraction of sp³-hybridized carbons (Fsp3) is 0.737. The van der Waals surface area contributed by atoms with Gasteiger partial charge in [-0.15, -0.1) is 0 Å². The Hall–Kier alpha value is -1.49. The first-order valence-electron chi connectivity index (χ1n) is 8.92. The zero-order valence-corrected chi connectivity index (χ0v) is 17.6. The Morgan fingerprint density at radius 3 is 2.07 bits per heavy atom. The van der Waals surface area contributed by atoms with Crippen molar-refractivity contribution in [3.05, 3.63) is 24.3 Å². The molecular weight excluding hydrogens is 370 g/mol. The Morgan fingerprint density at radius 2 is 1.57 bits per heavy atom. The summed E-state index contributed by atoms with van der Waals surface area (Å²) in [6, 6.07) is -0.567. The minimum absolute atomic E-state index is 0.00172. The maximum absolute atomic E-state index is 12.3. The molecule has 1 rings (SSSR count). The van der Waals surface area contributed by atoms with Gasteiger partial charge in [0.05, 0.1) is 6.04 Å². The number of methoxy groups -OCH3 is 3. The molecule has 0 aromatic heterocycles. The SMILES string of the molecule is C=CC1=C[C@H](NC(=O)OC(C)(C)C)[C@H](OCOC)[C@@H](OCOC)[C@H]1OCOC. The highest BCUT2D eigenvalue weighted by molar-refractivity contribution is 5.68. The molecule has 9 nitrogen and oxygen atoms in total. The van der Waals surface area contributed by atoms with E-state index in [9.17, 15) is 4.79 Å². The average Bonchev–Trinajstić information content (AvgIpc) is 2.62. The Bertz CT molecular complexity index is 517. The summed E-state index contributed by atoms with van der Waals surface area (Å²) in [5.74, 6) is 0. The molecule has 4 atom stereocenters. The van der Waals surface area contributed by atoms with E-state index in [2.05, 4.69) is 11.9 Å². The molecule has 0 aromatic carbocycles. The quantitative estimate of drug-likeness (QED) is 0.524. The number of nitrogens with one attached hydrogen (secondary N) is 1. The van der Waals surface area contributed by atoms with Crippen LogP contribution in [0.3, 0.4) is 0 Å². The molecule has 1 aliphatic rings. The van der Waals surface area contributed by atoms with E-state index in [1.807, 2.05) is 0 Å². The first-order chi connectivity index (χ1) is 13.3. The number of amides is 1. The monoisotopic (exact) mass is 403 g/mol. The van der Waals surface area contributed by atoms with Crippen molar-refractivity contribution in [2.24, 2.45) is 0 Å². The summed E-state index contributed by atoms with van der Waals surface area (Å²) in [5.41, 5.74) is 0.0827. The van der Waals surface area contributed by atoms with Crippen molar-refractivity contribution in [2.75, 3.05) is 41.7 Å². The van der Waals surface area contributed by atoms with Gasteiger partial charge in [0.2, 0.25) is 0 Å². The molecule has 0 spiro atoms. The van der Waals surface area contributed by atoms with E-state index in [4.69, 9.17) is 33.2 Å². The third-order valence-corrected chi connectivity index (χ3v) is 3.72. The molecule has 0 radical (unpaired) electrons. The summed E-state index contributed by atoms with van der Waals surface area (Å²) in [6.07, 6.45) is 1.07. The molecule has 9 heteroatoms. The molecule has 0 saturated heterocycles. The predicted molar refractivity (Wildman–Crippen MR) is 102 cm³/mol. The summed E-state index contributed by atoms with van der Waals surface area (Å²) in [6.45, 7) is 9.25. The van der Waals surface area contributed by atoms with Gasteiger partial charge >= 0.3 is 6.09 Å². The van der Waals surface area contributed by atoms with Crippen LogP contribution in [0.2, 0.25) is 0 Å². The van der Waals surface area contributed by atoms with Gasteiger partial charge in [0.25, 0.3) is 0 Å². The molecule has 0 aromatic rings. The van der Waals surface area contributed by atoms with Gasteiger partial charge in [0.1, 0.15) is 44.3 Å². The van der Waals surface area contributed by atoms with Gasteiger partial charge in [-0.1, -0.05) is 18.7 Å². The summed E-state index contributed by atoms with van der Waals surface area (Å²) in [5, 5.41) is 2.81. The standard InChI is InChI=1S/C19H33NO8/c1-8-13-9-14(20-18(21)28-19(2,3)4)16(26-11-23-6)17(27-12-24-7)15(13)25-10-22-5/h8-9,14-17H,1,10-12H2,2-7H3,(H,20,21)/t14-,15-,16-,17-/m0/s1. The van der Waals surface area contributed by atoms with Crippen LogP contribution < -0.4 is 5.32 Å². The summed E-state index contributed by atoms with van der Waals surface area (Å²) < 4.78 is 37.9. The lowest BCUT2D eigenvalue weighted by Crippen LogP contribution is -2.58. The summed E-state index contributed by atoms with van der Waals surface area (Å²) in [4.78, 5) is 12.3. The number of hydrogen-bond donors (Lipinski definition) is 1. The largest absolute Gasteiger partial charge is 0.444 e. The van der Waals surface area contributed by atoms with E-state index in [1.54, 1.807) is 32.9 Å². The van der Waals surface area contributed by atoms with Gasteiger partial charge in [-0.05, 0) is 26.3 Å². The minimum Gasteiger partial charge on any atom is -0.444 e. The third-order valence-electron chi connectivity index (χ3n) is 3.72. The highest BCUT2D eigenvalue weighted by Gasteiger charge is 2.43. The van der Waals surface area contributed by atoms with Crippen molar-refractivity contribution in [3.63, 3.8) is 0 Å². The van der Waals surface area contributed by atoms with E-state index >= 15 is 0 Å². The van der Waals surface area contributed by atoms with Crippen LogP contribution in [-0.4, -0.2) is 77.8 Å². The molecule has 0 heterocycles. The third kappa shape index (κ3) is 7.86. The van der Waals surface area contributed by atoms with Crippen LogP contribution >= 0.6 is 0 Å². The minimum atomic E-state index is -0.636. The van der Waals surface area contributed by atoms with Crippen molar-refractivity contribution in [3.8, 4) is 0 Å². The molecule has 0 aliphatic heterocycles. The van der Waals surface area contributed by atoms with Crippen LogP contribution in [0.25, 0.3) is 0 Å². The molecule has 0 saturated carbocycles. The van der Waals surface area contributed by atoms with Crippen molar-refractivity contribution in [1.82, 2.24) is 5.32 Å². The highest BCUT2D eigenvalue weighted by Crippen LogP contribution is 2.28. The van der Waals surface area contributed by atoms with E-state index in [0.29, 0.717) is 0 Å². The van der Waals surface area contributed by atoms with Gasteiger partial charge < -0.3 is 38.5 Å². The van der Waals surface area contributed by atoms with Crippen LogP contribution in [0.1, 0.15) is 20.8 Å². The van der Waals surface area contributed by atoms with E-state index in [1.165, 1.54) is 21.3 Å². The lowest BCUT2D eigenvalue weighted by Gasteiger charge is -2.41. The number of ether oxygens (including phenoxy) is 7. The molecule has 1 N–H and O–H groups in total. The molecule has 1 amide bonds. The van der Waals surface area contributed by atoms with Gasteiger partial charge in [-0.3, -0.25) is 0 Å². The van der Waals surface area contributed by atoms with E-state index in [-0.39, 0.29) is 20.4 Å². The molecule has 1 aliphatic carbocycles. The Labute approximate surface area is 166 Å². The molecule has 0 fully saturated rings. The zero-order valence-electron chi connectivity index (χ0n) is 17.6. The first kappa shape index (κ1) is 24.5. The number of alkyl carbamates (subject to hydrolysis) is 1. The maximum atomic E-state index is 12.3. The number of carbonyl (C=O) groups is 1. The molecule has 0 unspecified atom stereocenters. The maximum Gasteiger partial charge on any atom is 0.408 e. The predicted octanol–water partition coefficient (Wildman–Crippen LogP) is 1.97. The van der Waals surface area contributed by atoms with Crippen LogP contribution in [0.5, 0.6) is 0 Å². The van der Waals surface area contributed by atoms with Crippen molar-refractivity contribution in [2.45, 2.75) is 50.7 Å². The fourth-order valence-electron chi connectivity index (χ4n) is 2.72. The average molecular weight is 403 g/mol. The second-order valence-corrected chi connectivity index (χ2v) is 7.11. The highest BCUT2D eigenvalue weighted by atomic mass is 16.7. The first-order valence-corrected chi connectivity index (χ1v) is 8.92. The van der Waals surface area contributed by atoms with Gasteiger partial charge in [0.15, 0.2) is 0 Å². The smallest absolute Gasteiger partial charge is 0.408 e. The van der Waals surface area contributed by atoms with E-state index in [0.717, 1.165) is 5.57 Å². The molecule has 162 valence electrons. The Morgan fingerprint density at radius 1 is 1.04 bits per heavy atom. The summed E-state index contributed by atoms with van der Waals surface area (Å²) >= 11 is 0. The molecule has 28 heavy (non-hydrogen) atoms. The Kier molecular flexibility index (Phi) is 10.7. The van der Waals surface area contributed by atoms with Crippen LogP contribution in [0, 0.1) is 0 Å². The second-order valence-electron chi connectivity index (χ2n) is 7.11. The lowest BCUT2D eigenvalue weighted by molar-refractivity contribution is -0.206. The van der Waals surface area contributed by atoms with E-state index < -0.39 is 36.0 Å². The fourth-order valence-corrected chi connectivity index (χ4v) is 2.72. The Balaban J connectivity index is 3.16. The normalized spacial score (nSPS) is 25.1. The van der Waals surface area contributed by atoms with Gasteiger partial charge in [0, 0.05) is 21.3 Å². The number of hydrogen-bond acceptors (Lipinski definition) is 8. The van der Waals surface area contributed by atoms with Crippen molar-refractivity contribution >= 4 is 6.09 Å². The molecule has 0 bridgehead atoms. The van der Waals surface area contributed by atoms with Gasteiger partial charge in [-0.25, -0.2) is 4.79 Å². The van der Waals surface area contributed by atoms with Crippen molar-refractivity contribution < 1.29 is 38.0 Å². The summed E-state index contributed by atoms with van der Waals surface area (Å²) in [7, 11) is 4.55.